The maximum absolute atomic E-state index is 13.3. The molecule has 3 aromatic carbocycles. The summed E-state index contributed by atoms with van der Waals surface area (Å²) in [7, 11) is 1.84. The monoisotopic (exact) mass is 543 g/mol. The number of alkyl carbamates (subject to hydrolysis) is 1. The van der Waals surface area contributed by atoms with E-state index in [0.717, 1.165) is 27.8 Å². The van der Waals surface area contributed by atoms with Gasteiger partial charge < -0.3 is 20.5 Å². The largest absolute Gasteiger partial charge is 0.480 e. The molecule has 40 heavy (non-hydrogen) atoms. The summed E-state index contributed by atoms with van der Waals surface area (Å²) in [5.74, 6) is -2.08. The number of carboxylic acid groups (broad SMARTS) is 1. The van der Waals surface area contributed by atoms with Gasteiger partial charge in [-0.2, -0.15) is 0 Å². The van der Waals surface area contributed by atoms with Crippen LogP contribution in [0.5, 0.6) is 0 Å². The van der Waals surface area contributed by atoms with Crippen molar-refractivity contribution in [2.24, 2.45) is 5.92 Å². The molecule has 0 saturated carbocycles. The van der Waals surface area contributed by atoms with Gasteiger partial charge >= 0.3 is 12.1 Å². The Morgan fingerprint density at radius 3 is 2.05 bits per heavy atom. The zero-order chi connectivity index (χ0) is 28.6. The van der Waals surface area contributed by atoms with Crippen LogP contribution in [0.3, 0.4) is 0 Å². The van der Waals surface area contributed by atoms with E-state index in [4.69, 9.17) is 4.74 Å². The second kappa shape index (κ2) is 13.3. The summed E-state index contributed by atoms with van der Waals surface area (Å²) >= 11 is 0. The zero-order valence-corrected chi connectivity index (χ0v) is 23.2. The molecule has 2 unspecified atom stereocenters. The van der Waals surface area contributed by atoms with Crippen molar-refractivity contribution in [3.8, 4) is 11.1 Å². The summed E-state index contributed by atoms with van der Waals surface area (Å²) in [4.78, 5) is 40.1. The highest BCUT2D eigenvalue weighted by Gasteiger charge is 2.32. The molecule has 0 aliphatic heterocycles. The molecule has 4 rings (SSSR count). The van der Waals surface area contributed by atoms with Crippen molar-refractivity contribution >= 4 is 18.0 Å². The van der Waals surface area contributed by atoms with Gasteiger partial charge in [-0.05, 0) is 40.8 Å². The molecule has 3 N–H and O–H groups in total. The van der Waals surface area contributed by atoms with Gasteiger partial charge in [0, 0.05) is 19.0 Å². The van der Waals surface area contributed by atoms with Gasteiger partial charge in [0.25, 0.3) is 0 Å². The minimum atomic E-state index is -1.11. The van der Waals surface area contributed by atoms with Crippen LogP contribution in [0.1, 0.15) is 42.9 Å². The topological polar surface area (TPSA) is 108 Å². The molecule has 0 fully saturated rings. The molecule has 0 saturated heterocycles. The van der Waals surface area contributed by atoms with E-state index < -0.39 is 30.1 Å². The van der Waals surface area contributed by atoms with Gasteiger partial charge in [0.15, 0.2) is 0 Å². The summed E-state index contributed by atoms with van der Waals surface area (Å²) in [5, 5.41) is 15.0. The SMILES string of the molecule is CCC(C)[C@H](NC(=O)C(CN(C)Cc1ccccc1)NC(=O)OCC1c2ccccc2-c2ccccc21)C(=O)O. The lowest BCUT2D eigenvalue weighted by Gasteiger charge is -2.27. The Balaban J connectivity index is 1.46. The van der Waals surface area contributed by atoms with Crippen LogP contribution in [0.2, 0.25) is 0 Å². The molecule has 0 heterocycles. The Kier molecular flexibility index (Phi) is 9.56. The van der Waals surface area contributed by atoms with Gasteiger partial charge in [-0.15, -0.1) is 0 Å². The van der Waals surface area contributed by atoms with E-state index in [9.17, 15) is 19.5 Å². The number of nitrogens with zero attached hydrogens (tertiary/aromatic N) is 1. The summed E-state index contributed by atoms with van der Waals surface area (Å²) < 4.78 is 5.68. The van der Waals surface area contributed by atoms with Crippen LogP contribution in [0, 0.1) is 5.92 Å². The zero-order valence-electron chi connectivity index (χ0n) is 23.2. The van der Waals surface area contributed by atoms with Crippen LogP contribution >= 0.6 is 0 Å². The summed E-state index contributed by atoms with van der Waals surface area (Å²) in [6.07, 6.45) is -0.152. The molecule has 1 aliphatic carbocycles. The van der Waals surface area contributed by atoms with Crippen LogP contribution in [-0.4, -0.2) is 60.3 Å². The molecule has 1 aliphatic rings. The number of carbonyl (C=O) groups is 3. The van der Waals surface area contributed by atoms with Crippen LogP contribution in [0.15, 0.2) is 78.9 Å². The lowest BCUT2D eigenvalue weighted by molar-refractivity contribution is -0.143. The highest BCUT2D eigenvalue weighted by atomic mass is 16.5. The average Bonchev–Trinajstić information content (AvgIpc) is 3.27. The number of rotatable bonds is 12. The number of carboxylic acids is 1. The minimum absolute atomic E-state index is 0.110. The molecule has 0 bridgehead atoms. The van der Waals surface area contributed by atoms with Gasteiger partial charge in [-0.25, -0.2) is 9.59 Å². The fourth-order valence-electron chi connectivity index (χ4n) is 5.18. The Hall–Kier alpha value is -4.17. The molecule has 3 atom stereocenters. The van der Waals surface area contributed by atoms with Crippen molar-refractivity contribution in [1.29, 1.82) is 0 Å². The third-order valence-corrected chi connectivity index (χ3v) is 7.52. The molecule has 2 amide bonds. The Morgan fingerprint density at radius 1 is 0.900 bits per heavy atom. The van der Waals surface area contributed by atoms with Crippen LogP contribution in [0.25, 0.3) is 11.1 Å². The highest BCUT2D eigenvalue weighted by molar-refractivity contribution is 5.89. The van der Waals surface area contributed by atoms with Gasteiger partial charge in [-0.3, -0.25) is 9.69 Å². The Labute approximate surface area is 235 Å². The van der Waals surface area contributed by atoms with Crippen LogP contribution < -0.4 is 10.6 Å². The highest BCUT2D eigenvalue weighted by Crippen LogP contribution is 2.44. The van der Waals surface area contributed by atoms with E-state index >= 15 is 0 Å². The van der Waals surface area contributed by atoms with Gasteiger partial charge in [0.2, 0.25) is 5.91 Å². The fraction of sp³-hybridized carbons (Fsp3) is 0.344. The number of nitrogens with one attached hydrogen (secondary N) is 2. The molecule has 0 spiro atoms. The van der Waals surface area contributed by atoms with E-state index in [1.807, 2.05) is 85.6 Å². The fourth-order valence-corrected chi connectivity index (χ4v) is 5.18. The average molecular weight is 544 g/mol. The molecule has 3 aromatic rings. The number of hydrogen-bond donors (Lipinski definition) is 3. The van der Waals surface area contributed by atoms with Crippen molar-refractivity contribution < 1.29 is 24.2 Å². The first-order chi connectivity index (χ1) is 19.3. The van der Waals surface area contributed by atoms with Gasteiger partial charge in [0.05, 0.1) is 0 Å². The van der Waals surface area contributed by atoms with Crippen LogP contribution in [-0.2, 0) is 20.9 Å². The predicted octanol–water partition coefficient (Wildman–Crippen LogP) is 4.64. The maximum Gasteiger partial charge on any atom is 0.407 e. The molecular formula is C32H37N3O5. The van der Waals surface area contributed by atoms with E-state index in [1.54, 1.807) is 6.92 Å². The quantitative estimate of drug-likeness (QED) is 0.307. The van der Waals surface area contributed by atoms with Crippen molar-refractivity contribution in [1.82, 2.24) is 15.5 Å². The lowest BCUT2D eigenvalue weighted by atomic mass is 9.98. The van der Waals surface area contributed by atoms with E-state index in [1.165, 1.54) is 0 Å². The summed E-state index contributed by atoms with van der Waals surface area (Å²) in [5.41, 5.74) is 5.47. The van der Waals surface area contributed by atoms with E-state index in [0.29, 0.717) is 13.0 Å². The van der Waals surface area contributed by atoms with E-state index in [2.05, 4.69) is 22.8 Å². The smallest absolute Gasteiger partial charge is 0.407 e. The Bertz CT molecular complexity index is 1280. The molecule has 0 radical (unpaired) electrons. The number of fused-ring (bicyclic) bond motifs is 3. The molecule has 0 aromatic heterocycles. The maximum atomic E-state index is 13.3. The van der Waals surface area contributed by atoms with Gasteiger partial charge in [0.1, 0.15) is 18.7 Å². The number of benzene rings is 3. The van der Waals surface area contributed by atoms with E-state index in [-0.39, 0.29) is 25.0 Å². The standard InChI is InChI=1S/C32H37N3O5/c1-4-21(2)29(31(37)38)34-30(36)28(19-35(3)18-22-12-6-5-7-13-22)33-32(39)40-20-27-25-16-10-8-14-23(25)24-15-9-11-17-26(24)27/h5-17,21,27-29H,4,18-20H2,1-3H3,(H,33,39)(H,34,36)(H,37,38)/t21?,28?,29-/m0/s1. The number of ether oxygens (including phenoxy) is 1. The normalized spacial score (nSPS) is 14.5. The molecular weight excluding hydrogens is 506 g/mol. The number of amides is 2. The van der Waals surface area contributed by atoms with Crippen molar-refractivity contribution in [2.45, 2.75) is 44.8 Å². The summed E-state index contributed by atoms with van der Waals surface area (Å²) in [6, 6.07) is 23.8. The third-order valence-electron chi connectivity index (χ3n) is 7.52. The molecule has 210 valence electrons. The number of aliphatic carboxylic acids is 1. The first kappa shape index (κ1) is 28.8. The second-order valence-electron chi connectivity index (χ2n) is 10.4. The first-order valence-corrected chi connectivity index (χ1v) is 13.7. The third kappa shape index (κ3) is 6.87. The van der Waals surface area contributed by atoms with Crippen molar-refractivity contribution in [3.05, 3.63) is 95.6 Å². The van der Waals surface area contributed by atoms with Crippen LogP contribution in [0.4, 0.5) is 4.79 Å². The lowest BCUT2D eigenvalue weighted by Crippen LogP contribution is -2.56. The summed E-state index contributed by atoms with van der Waals surface area (Å²) in [6.45, 7) is 4.46. The predicted molar refractivity (Wildman–Crippen MR) is 154 cm³/mol. The second-order valence-corrected chi connectivity index (χ2v) is 10.4. The van der Waals surface area contributed by atoms with Gasteiger partial charge in [-0.1, -0.05) is 99.1 Å². The minimum Gasteiger partial charge on any atom is -0.480 e. The number of hydrogen-bond acceptors (Lipinski definition) is 5. The van der Waals surface area contributed by atoms with Crippen molar-refractivity contribution in [3.63, 3.8) is 0 Å². The van der Waals surface area contributed by atoms with Crippen molar-refractivity contribution in [2.75, 3.05) is 20.2 Å². The number of likely N-dealkylation sites (N-methyl/N-ethyl adjacent to an activating group) is 1. The molecule has 8 nitrogen and oxygen atoms in total. The molecule has 8 heteroatoms. The number of carbonyl (C=O) groups excluding carboxylic acids is 2. The first-order valence-electron chi connectivity index (χ1n) is 13.7. The Morgan fingerprint density at radius 2 is 1.48 bits per heavy atom.